The van der Waals surface area contributed by atoms with Crippen LogP contribution in [-0.4, -0.2) is 19.1 Å². The summed E-state index contributed by atoms with van der Waals surface area (Å²) in [5.41, 5.74) is 7.58. The number of anilines is 1. The summed E-state index contributed by atoms with van der Waals surface area (Å²) in [5, 5.41) is 2.62. The summed E-state index contributed by atoms with van der Waals surface area (Å²) < 4.78 is 0. The third kappa shape index (κ3) is 3.51. The van der Waals surface area contributed by atoms with Gasteiger partial charge in [0.15, 0.2) is 0 Å². The molecule has 0 amide bonds. The molecule has 0 aromatic heterocycles. The van der Waals surface area contributed by atoms with Gasteiger partial charge in [0.1, 0.15) is 0 Å². The maximum atomic E-state index is 6.28. The first-order valence-corrected chi connectivity index (χ1v) is 7.74. The molecule has 0 fully saturated rings. The predicted octanol–water partition coefficient (Wildman–Crippen LogP) is 4.18. The molecule has 0 aliphatic rings. The van der Waals surface area contributed by atoms with Crippen molar-refractivity contribution in [1.82, 2.24) is 0 Å². The highest BCUT2D eigenvalue weighted by atomic mass is 15.1. The highest BCUT2D eigenvalue weighted by Crippen LogP contribution is 2.26. The van der Waals surface area contributed by atoms with Gasteiger partial charge in [-0.15, -0.1) is 0 Å². The summed E-state index contributed by atoms with van der Waals surface area (Å²) in [4.78, 5) is 2.41. The lowest BCUT2D eigenvalue weighted by Crippen LogP contribution is -2.37. The van der Waals surface area contributed by atoms with Crippen LogP contribution in [0.3, 0.4) is 0 Å². The van der Waals surface area contributed by atoms with E-state index in [2.05, 4.69) is 61.2 Å². The van der Waals surface area contributed by atoms with Crippen LogP contribution in [-0.2, 0) is 0 Å². The molecule has 0 saturated carbocycles. The molecular formula is C18H26N2. The van der Waals surface area contributed by atoms with E-state index in [0.717, 1.165) is 19.5 Å². The molecule has 2 aromatic rings. The second kappa shape index (κ2) is 7.30. The number of nitrogens with two attached hydrogens (primary N) is 1. The highest BCUT2D eigenvalue weighted by Gasteiger charge is 2.12. The molecule has 2 rings (SSSR count). The lowest BCUT2D eigenvalue weighted by atomic mass is 10.1. The Balaban J connectivity index is 2.21. The standard InChI is InChI=1S/C18H26N2/c1-3-5-11-16(19)14-20(4-2)18-13-8-10-15-9-6-7-12-17(15)18/h6-10,12-13,16H,3-5,11,14,19H2,1-2H3. The molecule has 0 saturated heterocycles. The molecule has 1 unspecified atom stereocenters. The summed E-state index contributed by atoms with van der Waals surface area (Å²) in [6.45, 7) is 6.35. The molecule has 2 N–H and O–H groups in total. The third-order valence-electron chi connectivity index (χ3n) is 3.87. The first-order valence-electron chi connectivity index (χ1n) is 7.74. The smallest absolute Gasteiger partial charge is 0.0446 e. The molecule has 20 heavy (non-hydrogen) atoms. The van der Waals surface area contributed by atoms with Crippen LogP contribution in [0.4, 0.5) is 5.69 Å². The Labute approximate surface area is 122 Å². The first kappa shape index (κ1) is 14.9. The number of rotatable bonds is 7. The van der Waals surface area contributed by atoms with Crippen molar-refractivity contribution in [2.75, 3.05) is 18.0 Å². The lowest BCUT2D eigenvalue weighted by molar-refractivity contribution is 0.564. The van der Waals surface area contributed by atoms with Crippen molar-refractivity contribution in [2.24, 2.45) is 5.73 Å². The first-order chi connectivity index (χ1) is 9.76. The summed E-state index contributed by atoms with van der Waals surface area (Å²) in [5.74, 6) is 0. The number of benzene rings is 2. The normalized spacial score (nSPS) is 12.6. The Morgan fingerprint density at radius 3 is 2.55 bits per heavy atom. The molecule has 1 atom stereocenters. The van der Waals surface area contributed by atoms with E-state index in [9.17, 15) is 0 Å². The van der Waals surface area contributed by atoms with E-state index in [1.54, 1.807) is 0 Å². The number of unbranched alkanes of at least 4 members (excludes halogenated alkanes) is 1. The zero-order valence-electron chi connectivity index (χ0n) is 12.7. The van der Waals surface area contributed by atoms with E-state index in [4.69, 9.17) is 5.73 Å². The minimum Gasteiger partial charge on any atom is -0.370 e. The summed E-state index contributed by atoms with van der Waals surface area (Å²) >= 11 is 0. The van der Waals surface area contributed by atoms with Crippen molar-refractivity contribution in [2.45, 2.75) is 39.2 Å². The second-order valence-corrected chi connectivity index (χ2v) is 5.44. The monoisotopic (exact) mass is 270 g/mol. The Bertz CT molecular complexity index is 530. The molecule has 0 heterocycles. The number of hydrogen-bond acceptors (Lipinski definition) is 2. The summed E-state index contributed by atoms with van der Waals surface area (Å²) in [6, 6.07) is 15.3. The van der Waals surface area contributed by atoms with Gasteiger partial charge in [-0.3, -0.25) is 0 Å². The van der Waals surface area contributed by atoms with Crippen molar-refractivity contribution in [3.63, 3.8) is 0 Å². The number of likely N-dealkylation sites (N-methyl/N-ethyl adjacent to an activating group) is 1. The van der Waals surface area contributed by atoms with Crippen LogP contribution in [0.2, 0.25) is 0 Å². The van der Waals surface area contributed by atoms with Gasteiger partial charge in [-0.05, 0) is 24.8 Å². The SMILES string of the molecule is CCCCC(N)CN(CC)c1cccc2ccccc12. The maximum Gasteiger partial charge on any atom is 0.0446 e. The topological polar surface area (TPSA) is 29.3 Å². The fraction of sp³-hybridized carbons (Fsp3) is 0.444. The number of hydrogen-bond donors (Lipinski definition) is 1. The Morgan fingerprint density at radius 1 is 1.05 bits per heavy atom. The van der Waals surface area contributed by atoms with Gasteiger partial charge >= 0.3 is 0 Å². The van der Waals surface area contributed by atoms with Crippen LogP contribution < -0.4 is 10.6 Å². The quantitative estimate of drug-likeness (QED) is 0.817. The van der Waals surface area contributed by atoms with Crippen molar-refractivity contribution in [1.29, 1.82) is 0 Å². The molecule has 2 aromatic carbocycles. The molecule has 0 spiro atoms. The average molecular weight is 270 g/mol. The van der Waals surface area contributed by atoms with Crippen LogP contribution in [0.25, 0.3) is 10.8 Å². The van der Waals surface area contributed by atoms with E-state index in [0.29, 0.717) is 0 Å². The van der Waals surface area contributed by atoms with Crippen molar-refractivity contribution in [3.05, 3.63) is 42.5 Å². The second-order valence-electron chi connectivity index (χ2n) is 5.44. The van der Waals surface area contributed by atoms with Gasteiger partial charge in [0.25, 0.3) is 0 Å². The fourth-order valence-electron chi connectivity index (χ4n) is 2.72. The Hall–Kier alpha value is -1.54. The number of fused-ring (bicyclic) bond motifs is 1. The van der Waals surface area contributed by atoms with E-state index >= 15 is 0 Å². The minimum absolute atomic E-state index is 0.258. The predicted molar refractivity (Wildman–Crippen MR) is 89.3 cm³/mol. The van der Waals surface area contributed by atoms with Gasteiger partial charge in [-0.1, -0.05) is 56.2 Å². The van der Waals surface area contributed by atoms with Gasteiger partial charge < -0.3 is 10.6 Å². The Kier molecular flexibility index (Phi) is 5.42. The van der Waals surface area contributed by atoms with Gasteiger partial charge in [0.05, 0.1) is 0 Å². The highest BCUT2D eigenvalue weighted by molar-refractivity contribution is 5.94. The van der Waals surface area contributed by atoms with Crippen LogP contribution in [0, 0.1) is 0 Å². The third-order valence-corrected chi connectivity index (χ3v) is 3.87. The van der Waals surface area contributed by atoms with E-state index in [-0.39, 0.29) is 6.04 Å². The minimum atomic E-state index is 0.258. The molecular weight excluding hydrogens is 244 g/mol. The van der Waals surface area contributed by atoms with Crippen LogP contribution in [0.1, 0.15) is 33.1 Å². The van der Waals surface area contributed by atoms with Gasteiger partial charge in [0.2, 0.25) is 0 Å². The molecule has 0 aliphatic heterocycles. The van der Waals surface area contributed by atoms with Crippen LogP contribution in [0.5, 0.6) is 0 Å². The molecule has 2 nitrogen and oxygen atoms in total. The van der Waals surface area contributed by atoms with Crippen molar-refractivity contribution >= 4 is 16.5 Å². The molecule has 108 valence electrons. The molecule has 0 aliphatic carbocycles. The Morgan fingerprint density at radius 2 is 1.80 bits per heavy atom. The maximum absolute atomic E-state index is 6.28. The van der Waals surface area contributed by atoms with Crippen LogP contribution in [0.15, 0.2) is 42.5 Å². The van der Waals surface area contributed by atoms with Crippen molar-refractivity contribution in [3.8, 4) is 0 Å². The fourth-order valence-corrected chi connectivity index (χ4v) is 2.72. The number of nitrogens with zero attached hydrogens (tertiary/aromatic N) is 1. The van der Waals surface area contributed by atoms with Gasteiger partial charge in [0, 0.05) is 30.2 Å². The summed E-state index contributed by atoms with van der Waals surface area (Å²) in [7, 11) is 0. The average Bonchev–Trinajstić information content (AvgIpc) is 2.50. The zero-order chi connectivity index (χ0) is 14.4. The van der Waals surface area contributed by atoms with Gasteiger partial charge in [-0.2, -0.15) is 0 Å². The van der Waals surface area contributed by atoms with E-state index in [1.165, 1.54) is 29.3 Å². The molecule has 0 radical (unpaired) electrons. The summed E-state index contributed by atoms with van der Waals surface area (Å²) in [6.07, 6.45) is 3.54. The largest absolute Gasteiger partial charge is 0.370 e. The van der Waals surface area contributed by atoms with E-state index < -0.39 is 0 Å². The zero-order valence-corrected chi connectivity index (χ0v) is 12.7. The molecule has 2 heteroatoms. The van der Waals surface area contributed by atoms with Gasteiger partial charge in [-0.25, -0.2) is 0 Å². The van der Waals surface area contributed by atoms with Crippen molar-refractivity contribution < 1.29 is 0 Å². The lowest BCUT2D eigenvalue weighted by Gasteiger charge is -2.27. The molecule has 0 bridgehead atoms. The van der Waals surface area contributed by atoms with Crippen LogP contribution >= 0.6 is 0 Å². The van der Waals surface area contributed by atoms with E-state index in [1.807, 2.05) is 0 Å².